The summed E-state index contributed by atoms with van der Waals surface area (Å²) in [6.07, 6.45) is 1.45. The number of carbonyl (C=O) groups is 2. The second-order valence-corrected chi connectivity index (χ2v) is 6.47. The maximum atomic E-state index is 13.4. The summed E-state index contributed by atoms with van der Waals surface area (Å²) in [7, 11) is 0. The maximum absolute atomic E-state index is 13.4. The Balaban J connectivity index is 1.50. The molecule has 1 fully saturated rings. The number of fused-ring (bicyclic) bond motifs is 1. The molecule has 138 valence electrons. The predicted octanol–water partition coefficient (Wildman–Crippen LogP) is 2.54. The Kier molecular flexibility index (Phi) is 4.06. The van der Waals surface area contributed by atoms with Crippen molar-refractivity contribution in [3.8, 4) is 0 Å². The Labute approximate surface area is 152 Å². The molecule has 2 N–H and O–H groups in total. The van der Waals surface area contributed by atoms with Crippen LogP contribution in [0.2, 0.25) is 0 Å². The molecule has 7 nitrogen and oxygen atoms in total. The minimum absolute atomic E-state index is 0.0373. The number of rotatable bonds is 3. The van der Waals surface area contributed by atoms with Crippen molar-refractivity contribution in [1.82, 2.24) is 15.2 Å². The largest absolute Gasteiger partial charge is 0.324 e. The first-order chi connectivity index (χ1) is 12.9. The number of benzene rings is 1. The average molecular weight is 371 g/mol. The van der Waals surface area contributed by atoms with Crippen LogP contribution in [0.1, 0.15) is 12.1 Å². The Morgan fingerprint density at radius 3 is 2.74 bits per heavy atom. The molecular weight excluding hydrogens is 356 g/mol. The molecule has 1 aromatic carbocycles. The second kappa shape index (κ2) is 6.42. The van der Waals surface area contributed by atoms with Crippen LogP contribution >= 0.6 is 0 Å². The van der Waals surface area contributed by atoms with E-state index in [2.05, 4.69) is 20.5 Å². The third kappa shape index (κ3) is 3.23. The third-order valence-corrected chi connectivity index (χ3v) is 4.52. The van der Waals surface area contributed by atoms with Gasteiger partial charge in [-0.25, -0.2) is 13.8 Å². The summed E-state index contributed by atoms with van der Waals surface area (Å²) in [6, 6.07) is 4.62. The average Bonchev–Trinajstić information content (AvgIpc) is 3.17. The molecule has 1 saturated heterocycles. The number of pyridine rings is 1. The molecule has 4 rings (SSSR count). The highest BCUT2D eigenvalue weighted by molar-refractivity contribution is 6.03. The third-order valence-electron chi connectivity index (χ3n) is 4.52. The number of aromatic amines is 1. The first-order valence-corrected chi connectivity index (χ1v) is 8.29. The standard InChI is InChI=1S/C18H15F2N5O2/c1-9-15-6-13(7-21-17(15)24-23-9)22-18(27)10-2-16(26)25(8-10)14-4-11(19)3-12(20)5-14/h3-7,10H,2,8H2,1H3,(H,22,27)(H,21,23,24). The zero-order valence-electron chi connectivity index (χ0n) is 14.3. The van der Waals surface area contributed by atoms with Crippen molar-refractivity contribution in [3.05, 3.63) is 47.8 Å². The monoisotopic (exact) mass is 371 g/mol. The Morgan fingerprint density at radius 2 is 2.00 bits per heavy atom. The normalized spacial score (nSPS) is 16.9. The van der Waals surface area contributed by atoms with E-state index in [-0.39, 0.29) is 30.5 Å². The van der Waals surface area contributed by atoms with E-state index < -0.39 is 17.6 Å². The maximum Gasteiger partial charge on any atom is 0.229 e. The zero-order chi connectivity index (χ0) is 19.1. The van der Waals surface area contributed by atoms with Gasteiger partial charge in [0.15, 0.2) is 5.65 Å². The lowest BCUT2D eigenvalue weighted by Crippen LogP contribution is -2.28. The molecule has 3 heterocycles. The van der Waals surface area contributed by atoms with E-state index in [0.717, 1.165) is 29.3 Å². The van der Waals surface area contributed by atoms with Crippen LogP contribution in [0.4, 0.5) is 20.2 Å². The van der Waals surface area contributed by atoms with E-state index in [1.165, 1.54) is 11.1 Å². The van der Waals surface area contributed by atoms with Crippen molar-refractivity contribution in [3.63, 3.8) is 0 Å². The van der Waals surface area contributed by atoms with Crippen molar-refractivity contribution in [2.24, 2.45) is 5.92 Å². The summed E-state index contributed by atoms with van der Waals surface area (Å²) in [5.74, 6) is -2.91. The molecule has 9 heteroatoms. The molecule has 0 radical (unpaired) electrons. The van der Waals surface area contributed by atoms with Crippen LogP contribution in [-0.4, -0.2) is 33.5 Å². The minimum atomic E-state index is -0.777. The molecule has 1 atom stereocenters. The lowest BCUT2D eigenvalue weighted by molar-refractivity contribution is -0.122. The van der Waals surface area contributed by atoms with Gasteiger partial charge in [0.1, 0.15) is 11.6 Å². The van der Waals surface area contributed by atoms with Gasteiger partial charge in [-0.3, -0.25) is 14.7 Å². The van der Waals surface area contributed by atoms with E-state index in [9.17, 15) is 18.4 Å². The quantitative estimate of drug-likeness (QED) is 0.740. The number of hydrogen-bond donors (Lipinski definition) is 2. The molecule has 0 spiro atoms. The number of hydrogen-bond acceptors (Lipinski definition) is 4. The Bertz CT molecular complexity index is 1040. The summed E-state index contributed by atoms with van der Waals surface area (Å²) >= 11 is 0. The molecule has 0 aliphatic carbocycles. The molecule has 2 aromatic heterocycles. The lowest BCUT2D eigenvalue weighted by Gasteiger charge is -2.17. The van der Waals surface area contributed by atoms with E-state index >= 15 is 0 Å². The number of nitrogens with zero attached hydrogens (tertiary/aromatic N) is 3. The second-order valence-electron chi connectivity index (χ2n) is 6.47. The van der Waals surface area contributed by atoms with Gasteiger partial charge >= 0.3 is 0 Å². The number of carbonyl (C=O) groups excluding carboxylic acids is 2. The van der Waals surface area contributed by atoms with Crippen molar-refractivity contribution in [1.29, 1.82) is 0 Å². The van der Waals surface area contributed by atoms with E-state index in [4.69, 9.17) is 0 Å². The first-order valence-electron chi connectivity index (χ1n) is 8.29. The fraction of sp³-hybridized carbons (Fsp3) is 0.222. The Hall–Kier alpha value is -3.36. The summed E-state index contributed by atoms with van der Waals surface area (Å²) in [5, 5.41) is 10.4. The van der Waals surface area contributed by atoms with Crippen molar-refractivity contribution < 1.29 is 18.4 Å². The molecule has 2 amide bonds. The molecule has 0 saturated carbocycles. The van der Waals surface area contributed by atoms with Gasteiger partial charge in [0.05, 0.1) is 17.8 Å². The first kappa shape index (κ1) is 17.1. The minimum Gasteiger partial charge on any atom is -0.324 e. The van der Waals surface area contributed by atoms with Gasteiger partial charge in [-0.05, 0) is 25.1 Å². The van der Waals surface area contributed by atoms with Gasteiger partial charge in [0.25, 0.3) is 0 Å². The van der Waals surface area contributed by atoms with Gasteiger partial charge in [-0.2, -0.15) is 5.10 Å². The lowest BCUT2D eigenvalue weighted by atomic mass is 10.1. The van der Waals surface area contributed by atoms with Gasteiger partial charge in [-0.1, -0.05) is 0 Å². The van der Waals surface area contributed by atoms with E-state index in [0.29, 0.717) is 11.3 Å². The zero-order valence-corrected chi connectivity index (χ0v) is 14.3. The van der Waals surface area contributed by atoms with E-state index in [1.54, 1.807) is 6.07 Å². The molecule has 0 bridgehead atoms. The van der Waals surface area contributed by atoms with Gasteiger partial charge in [0.2, 0.25) is 11.8 Å². The molecule has 1 aliphatic rings. The van der Waals surface area contributed by atoms with Crippen molar-refractivity contribution in [2.75, 3.05) is 16.8 Å². The van der Waals surface area contributed by atoms with Gasteiger partial charge in [0, 0.05) is 35.8 Å². The van der Waals surface area contributed by atoms with Crippen LogP contribution in [0.5, 0.6) is 0 Å². The highest BCUT2D eigenvalue weighted by Gasteiger charge is 2.35. The number of nitrogens with one attached hydrogen (secondary N) is 2. The summed E-state index contributed by atoms with van der Waals surface area (Å²) in [6.45, 7) is 1.89. The number of aromatic nitrogens is 3. The summed E-state index contributed by atoms with van der Waals surface area (Å²) in [5.41, 5.74) is 1.95. The van der Waals surface area contributed by atoms with Gasteiger partial charge in [-0.15, -0.1) is 0 Å². The molecular formula is C18H15F2N5O2. The smallest absolute Gasteiger partial charge is 0.229 e. The molecule has 27 heavy (non-hydrogen) atoms. The van der Waals surface area contributed by atoms with Crippen LogP contribution in [0.15, 0.2) is 30.5 Å². The summed E-state index contributed by atoms with van der Waals surface area (Å²) in [4.78, 5) is 30.1. The molecule has 1 unspecified atom stereocenters. The number of H-pyrrole nitrogens is 1. The Morgan fingerprint density at radius 1 is 1.26 bits per heavy atom. The fourth-order valence-corrected chi connectivity index (χ4v) is 3.16. The van der Waals surface area contributed by atoms with E-state index in [1.807, 2.05) is 6.92 Å². The fourth-order valence-electron chi connectivity index (χ4n) is 3.16. The van der Waals surface area contributed by atoms with Gasteiger partial charge < -0.3 is 10.2 Å². The molecule has 1 aliphatic heterocycles. The van der Waals surface area contributed by atoms with Crippen LogP contribution < -0.4 is 10.2 Å². The number of anilines is 2. The van der Waals surface area contributed by atoms with Crippen molar-refractivity contribution >= 4 is 34.2 Å². The highest BCUT2D eigenvalue weighted by Crippen LogP contribution is 2.27. The van der Waals surface area contributed by atoms with Crippen LogP contribution in [0.25, 0.3) is 11.0 Å². The number of amides is 2. The van der Waals surface area contributed by atoms with Crippen molar-refractivity contribution in [2.45, 2.75) is 13.3 Å². The highest BCUT2D eigenvalue weighted by atomic mass is 19.1. The summed E-state index contributed by atoms with van der Waals surface area (Å²) < 4.78 is 26.8. The predicted molar refractivity (Wildman–Crippen MR) is 94.1 cm³/mol. The topological polar surface area (TPSA) is 91.0 Å². The number of aryl methyl sites for hydroxylation is 1. The number of halogens is 2. The van der Waals surface area contributed by atoms with Crippen LogP contribution in [-0.2, 0) is 9.59 Å². The van der Waals surface area contributed by atoms with Crippen LogP contribution in [0, 0.1) is 24.5 Å². The SMILES string of the molecule is Cc1[nH]nc2ncc(NC(=O)C3CC(=O)N(c4cc(F)cc(F)c4)C3)cc12. The molecule has 3 aromatic rings. The van der Waals surface area contributed by atoms with Crippen LogP contribution in [0.3, 0.4) is 0 Å².